The molecule has 0 unspecified atom stereocenters. The number of halogens is 2. The van der Waals surface area contributed by atoms with Crippen LogP contribution >= 0.6 is 15.9 Å². The van der Waals surface area contributed by atoms with Gasteiger partial charge in [-0.1, -0.05) is 42.0 Å². The zero-order chi connectivity index (χ0) is 25.1. The van der Waals surface area contributed by atoms with Crippen molar-refractivity contribution in [3.05, 3.63) is 93.2 Å². The normalized spacial score (nSPS) is 14.8. The van der Waals surface area contributed by atoms with Crippen molar-refractivity contribution in [1.29, 1.82) is 0 Å². The molecule has 35 heavy (non-hydrogen) atoms. The molecular formula is C26H20BrFN2O5. The second-order valence-corrected chi connectivity index (χ2v) is 8.58. The van der Waals surface area contributed by atoms with E-state index in [9.17, 15) is 18.8 Å². The quantitative estimate of drug-likeness (QED) is 0.346. The highest BCUT2D eigenvalue weighted by Gasteiger charge is 2.38. The molecule has 1 heterocycles. The van der Waals surface area contributed by atoms with Gasteiger partial charge in [-0.15, -0.1) is 0 Å². The number of barbiturate groups is 1. The van der Waals surface area contributed by atoms with Gasteiger partial charge in [-0.3, -0.25) is 14.9 Å². The Bertz CT molecular complexity index is 1370. The molecule has 7 nitrogen and oxygen atoms in total. The number of para-hydroxylation sites is 1. The van der Waals surface area contributed by atoms with E-state index < -0.39 is 23.7 Å². The topological polar surface area (TPSA) is 84.9 Å². The van der Waals surface area contributed by atoms with Crippen molar-refractivity contribution in [3.8, 4) is 11.5 Å². The molecule has 0 radical (unpaired) electrons. The summed E-state index contributed by atoms with van der Waals surface area (Å²) in [6.07, 6.45) is 1.30. The SMILES string of the molecule is COc1cc(/C=C2/C(=O)NC(=O)N(c3ccccc3F)C2=O)cc(Br)c1OCc1cccc(C)c1. The summed E-state index contributed by atoms with van der Waals surface area (Å²) in [5, 5.41) is 2.08. The number of methoxy groups -OCH3 is 1. The van der Waals surface area contributed by atoms with Crippen LogP contribution in [0.2, 0.25) is 0 Å². The third-order valence-electron chi connectivity index (χ3n) is 5.22. The average molecular weight is 539 g/mol. The number of aryl methyl sites for hydroxylation is 1. The average Bonchev–Trinajstić information content (AvgIpc) is 2.82. The number of carbonyl (C=O) groups excluding carboxylic acids is 3. The molecule has 0 aromatic heterocycles. The molecule has 1 aliphatic rings. The van der Waals surface area contributed by atoms with E-state index in [2.05, 4.69) is 21.2 Å². The van der Waals surface area contributed by atoms with Crippen LogP contribution < -0.4 is 19.7 Å². The summed E-state index contributed by atoms with van der Waals surface area (Å²) < 4.78 is 26.2. The second-order valence-electron chi connectivity index (χ2n) is 7.72. The maximum atomic E-state index is 14.3. The van der Waals surface area contributed by atoms with Crippen molar-refractivity contribution in [2.45, 2.75) is 13.5 Å². The molecule has 4 amide bonds. The summed E-state index contributed by atoms with van der Waals surface area (Å²) in [5.74, 6) is -1.80. The lowest BCUT2D eigenvalue weighted by Gasteiger charge is -2.26. The molecule has 3 aromatic rings. The van der Waals surface area contributed by atoms with Gasteiger partial charge in [-0.25, -0.2) is 14.1 Å². The van der Waals surface area contributed by atoms with Crippen molar-refractivity contribution in [1.82, 2.24) is 5.32 Å². The van der Waals surface area contributed by atoms with E-state index in [0.717, 1.165) is 17.2 Å². The van der Waals surface area contributed by atoms with Crippen LogP contribution in [0.15, 0.2) is 70.7 Å². The van der Waals surface area contributed by atoms with Gasteiger partial charge in [0.25, 0.3) is 11.8 Å². The molecule has 4 rings (SSSR count). The van der Waals surface area contributed by atoms with Gasteiger partial charge in [0, 0.05) is 0 Å². The molecule has 3 aromatic carbocycles. The zero-order valence-electron chi connectivity index (χ0n) is 18.8. The lowest BCUT2D eigenvalue weighted by Crippen LogP contribution is -2.54. The van der Waals surface area contributed by atoms with Gasteiger partial charge in [0.15, 0.2) is 11.5 Å². The third-order valence-corrected chi connectivity index (χ3v) is 5.81. The van der Waals surface area contributed by atoms with Crippen molar-refractivity contribution in [2.75, 3.05) is 12.0 Å². The van der Waals surface area contributed by atoms with E-state index >= 15 is 0 Å². The third kappa shape index (κ3) is 5.09. The number of nitrogens with one attached hydrogen (secondary N) is 1. The lowest BCUT2D eigenvalue weighted by atomic mass is 10.1. The highest BCUT2D eigenvalue weighted by Crippen LogP contribution is 2.38. The number of hydrogen-bond donors (Lipinski definition) is 1. The molecule has 0 spiro atoms. The molecule has 1 aliphatic heterocycles. The monoisotopic (exact) mass is 538 g/mol. The molecule has 0 bridgehead atoms. The van der Waals surface area contributed by atoms with Gasteiger partial charge in [0.2, 0.25) is 0 Å². The first-order valence-corrected chi connectivity index (χ1v) is 11.3. The number of hydrogen-bond acceptors (Lipinski definition) is 5. The summed E-state index contributed by atoms with van der Waals surface area (Å²) in [6.45, 7) is 2.30. The molecule has 1 saturated heterocycles. The van der Waals surface area contributed by atoms with Crippen LogP contribution in [0.25, 0.3) is 6.08 Å². The minimum atomic E-state index is -1.03. The Morgan fingerprint density at radius 1 is 1.06 bits per heavy atom. The number of amides is 4. The highest BCUT2D eigenvalue weighted by molar-refractivity contribution is 9.10. The zero-order valence-corrected chi connectivity index (χ0v) is 20.4. The Morgan fingerprint density at radius 2 is 1.83 bits per heavy atom. The van der Waals surface area contributed by atoms with E-state index in [0.29, 0.717) is 33.0 Å². The molecular weight excluding hydrogens is 519 g/mol. The molecule has 0 aliphatic carbocycles. The summed E-state index contributed by atoms with van der Waals surface area (Å²) in [5.41, 5.74) is 1.92. The molecule has 0 saturated carbocycles. The van der Waals surface area contributed by atoms with Gasteiger partial charge < -0.3 is 9.47 Å². The second kappa shape index (κ2) is 10.1. The van der Waals surface area contributed by atoms with Crippen LogP contribution in [0.4, 0.5) is 14.9 Å². The number of nitrogens with zero attached hydrogens (tertiary/aromatic N) is 1. The smallest absolute Gasteiger partial charge is 0.336 e. The van der Waals surface area contributed by atoms with Crippen molar-refractivity contribution < 1.29 is 28.2 Å². The van der Waals surface area contributed by atoms with Gasteiger partial charge in [-0.05, 0) is 64.3 Å². The number of carbonyl (C=O) groups is 3. The van der Waals surface area contributed by atoms with Crippen LogP contribution in [0.1, 0.15) is 16.7 Å². The molecule has 1 fully saturated rings. The van der Waals surface area contributed by atoms with Crippen LogP contribution in [0.5, 0.6) is 11.5 Å². The molecule has 0 atom stereocenters. The summed E-state index contributed by atoms with van der Waals surface area (Å²) in [7, 11) is 1.47. The number of rotatable bonds is 6. The van der Waals surface area contributed by atoms with E-state index in [4.69, 9.17) is 9.47 Å². The fraction of sp³-hybridized carbons (Fsp3) is 0.115. The molecule has 9 heteroatoms. The first kappa shape index (κ1) is 24.2. The van der Waals surface area contributed by atoms with Crippen LogP contribution in [0.3, 0.4) is 0 Å². The van der Waals surface area contributed by atoms with E-state index in [1.54, 1.807) is 12.1 Å². The molecule has 1 N–H and O–H groups in total. The predicted octanol–water partition coefficient (Wildman–Crippen LogP) is 5.15. The van der Waals surface area contributed by atoms with Crippen molar-refractivity contribution in [2.24, 2.45) is 0 Å². The first-order chi connectivity index (χ1) is 16.8. The Morgan fingerprint density at radius 3 is 2.54 bits per heavy atom. The minimum Gasteiger partial charge on any atom is -0.493 e. The van der Waals surface area contributed by atoms with E-state index in [1.165, 1.54) is 31.4 Å². The van der Waals surface area contributed by atoms with Crippen molar-refractivity contribution >= 4 is 45.5 Å². The maximum Gasteiger partial charge on any atom is 0.336 e. The fourth-order valence-electron chi connectivity index (χ4n) is 3.60. The Balaban J connectivity index is 1.65. The van der Waals surface area contributed by atoms with Gasteiger partial charge >= 0.3 is 6.03 Å². The number of imide groups is 2. The van der Waals surface area contributed by atoms with Crippen molar-refractivity contribution in [3.63, 3.8) is 0 Å². The highest BCUT2D eigenvalue weighted by atomic mass is 79.9. The van der Waals surface area contributed by atoms with Crippen LogP contribution in [-0.4, -0.2) is 25.0 Å². The minimum absolute atomic E-state index is 0.257. The maximum absolute atomic E-state index is 14.3. The molecule has 178 valence electrons. The largest absolute Gasteiger partial charge is 0.493 e. The van der Waals surface area contributed by atoms with E-state index in [-0.39, 0.29) is 11.3 Å². The summed E-state index contributed by atoms with van der Waals surface area (Å²) >= 11 is 3.46. The number of urea groups is 1. The van der Waals surface area contributed by atoms with Gasteiger partial charge in [0.1, 0.15) is 18.0 Å². The Hall–Kier alpha value is -3.98. The van der Waals surface area contributed by atoms with Crippen LogP contribution in [0, 0.1) is 12.7 Å². The Labute approximate surface area is 209 Å². The van der Waals surface area contributed by atoms with E-state index in [1.807, 2.05) is 31.2 Å². The van der Waals surface area contributed by atoms with Gasteiger partial charge in [-0.2, -0.15) is 0 Å². The number of ether oxygens (including phenoxy) is 2. The Kier molecular flexibility index (Phi) is 6.97. The lowest BCUT2D eigenvalue weighted by molar-refractivity contribution is -0.122. The fourth-order valence-corrected chi connectivity index (χ4v) is 4.17. The van der Waals surface area contributed by atoms with Crippen LogP contribution in [-0.2, 0) is 16.2 Å². The summed E-state index contributed by atoms with van der Waals surface area (Å²) in [4.78, 5) is 38.4. The summed E-state index contributed by atoms with van der Waals surface area (Å²) in [6, 6.07) is 15.4. The standard InChI is InChI=1S/C26H20BrFN2O5/c1-15-6-5-7-16(10-15)14-35-23-19(27)12-17(13-22(23)34-2)11-18-24(31)29-26(33)30(25(18)32)21-9-4-3-8-20(21)28/h3-13H,14H2,1-2H3,(H,29,31,33)/b18-11-. The number of anilines is 1. The predicted molar refractivity (Wildman–Crippen MR) is 132 cm³/mol. The van der Waals surface area contributed by atoms with Gasteiger partial charge in [0.05, 0.1) is 17.3 Å². The first-order valence-electron chi connectivity index (χ1n) is 10.5. The number of benzene rings is 3.